The molecule has 0 bridgehead atoms. The largest absolute Gasteiger partial charge is 0.394 e. The van der Waals surface area contributed by atoms with Crippen LogP contribution in [0.4, 0.5) is 0 Å². The van der Waals surface area contributed by atoms with Gasteiger partial charge in [-0.05, 0) is 5.19 Å². The smallest absolute Gasteiger partial charge is 0.383 e. The van der Waals surface area contributed by atoms with Crippen molar-refractivity contribution in [3.05, 3.63) is 54.6 Å². The molecule has 1 aliphatic rings. The van der Waals surface area contributed by atoms with Crippen LogP contribution in [-0.2, 0) is 8.85 Å². The van der Waals surface area contributed by atoms with Crippen LogP contribution in [0.25, 0.3) is 0 Å². The molecule has 0 radical (unpaired) electrons. The Labute approximate surface area is 97.5 Å². The van der Waals surface area contributed by atoms with Crippen molar-refractivity contribution >= 4 is 13.7 Å². The summed E-state index contributed by atoms with van der Waals surface area (Å²) >= 11 is 0. The molecule has 0 heterocycles. The van der Waals surface area contributed by atoms with Crippen molar-refractivity contribution in [2.45, 2.75) is 5.54 Å². The minimum absolute atomic E-state index is 0.255. The van der Waals surface area contributed by atoms with Gasteiger partial charge >= 0.3 is 8.56 Å². The van der Waals surface area contributed by atoms with E-state index in [2.05, 4.69) is 24.3 Å². The fraction of sp³-hybridized carbons (Fsp3) is 0.231. The molecule has 0 saturated carbocycles. The van der Waals surface area contributed by atoms with Crippen LogP contribution in [0.2, 0.25) is 5.54 Å². The van der Waals surface area contributed by atoms with Crippen LogP contribution in [0, 0.1) is 0 Å². The molecule has 2 nitrogen and oxygen atoms in total. The maximum atomic E-state index is 5.77. The Bertz CT molecular complexity index is 382. The molecule has 0 N–H and O–H groups in total. The maximum absolute atomic E-state index is 5.77. The molecule has 0 spiro atoms. The van der Waals surface area contributed by atoms with Crippen molar-refractivity contribution in [2.75, 3.05) is 14.2 Å². The van der Waals surface area contributed by atoms with Crippen molar-refractivity contribution < 1.29 is 8.85 Å². The Hall–Kier alpha value is -1.16. The van der Waals surface area contributed by atoms with E-state index in [1.807, 2.05) is 30.4 Å². The fourth-order valence-corrected chi connectivity index (χ4v) is 5.09. The topological polar surface area (TPSA) is 18.5 Å². The van der Waals surface area contributed by atoms with E-state index in [9.17, 15) is 0 Å². The van der Waals surface area contributed by atoms with Gasteiger partial charge in [0, 0.05) is 19.8 Å². The minimum Gasteiger partial charge on any atom is -0.394 e. The summed E-state index contributed by atoms with van der Waals surface area (Å²) in [7, 11) is 1.12. The zero-order chi connectivity index (χ0) is 11.4. The molecule has 0 fully saturated rings. The average Bonchev–Trinajstić information content (AvgIpc) is 2.87. The first-order valence-electron chi connectivity index (χ1n) is 5.34. The highest BCUT2D eigenvalue weighted by molar-refractivity contribution is 6.83. The van der Waals surface area contributed by atoms with Gasteiger partial charge in [-0.15, -0.1) is 0 Å². The van der Waals surface area contributed by atoms with Gasteiger partial charge < -0.3 is 8.85 Å². The zero-order valence-corrected chi connectivity index (χ0v) is 10.6. The number of hydrogen-bond donors (Lipinski definition) is 0. The van der Waals surface area contributed by atoms with Gasteiger partial charge in [0.15, 0.2) is 0 Å². The standard InChI is InChI=1S/C13H16O2Si/c1-14-16(15-2,13-10-6-7-11-13)12-8-4-3-5-9-12/h3-11,13H,1-2H3. The second kappa shape index (κ2) is 4.78. The first kappa shape index (κ1) is 11.3. The summed E-state index contributed by atoms with van der Waals surface area (Å²) < 4.78 is 11.5. The van der Waals surface area contributed by atoms with Crippen molar-refractivity contribution in [3.63, 3.8) is 0 Å². The van der Waals surface area contributed by atoms with Crippen LogP contribution >= 0.6 is 0 Å². The lowest BCUT2D eigenvalue weighted by atomic mass is 10.4. The number of rotatable bonds is 4. The van der Waals surface area contributed by atoms with Crippen LogP contribution in [-0.4, -0.2) is 22.8 Å². The first-order valence-corrected chi connectivity index (χ1v) is 7.23. The lowest BCUT2D eigenvalue weighted by molar-refractivity contribution is 0.255. The molecule has 0 atom stereocenters. The van der Waals surface area contributed by atoms with E-state index >= 15 is 0 Å². The number of hydrogen-bond acceptors (Lipinski definition) is 2. The zero-order valence-electron chi connectivity index (χ0n) is 9.59. The summed E-state index contributed by atoms with van der Waals surface area (Å²) in [6.07, 6.45) is 8.39. The van der Waals surface area contributed by atoms with Crippen molar-refractivity contribution in [2.24, 2.45) is 0 Å². The molecule has 0 aliphatic heterocycles. The van der Waals surface area contributed by atoms with Gasteiger partial charge in [-0.25, -0.2) is 0 Å². The van der Waals surface area contributed by atoms with Gasteiger partial charge in [0.2, 0.25) is 0 Å². The highest BCUT2D eigenvalue weighted by atomic mass is 28.4. The van der Waals surface area contributed by atoms with Crippen molar-refractivity contribution in [1.82, 2.24) is 0 Å². The van der Waals surface area contributed by atoms with Crippen molar-refractivity contribution in [3.8, 4) is 0 Å². The van der Waals surface area contributed by atoms with E-state index < -0.39 is 8.56 Å². The third-order valence-corrected chi connectivity index (χ3v) is 6.58. The molecule has 0 aromatic heterocycles. The molecule has 3 heteroatoms. The van der Waals surface area contributed by atoms with Crippen LogP contribution in [0.3, 0.4) is 0 Å². The van der Waals surface area contributed by atoms with E-state index in [-0.39, 0.29) is 5.54 Å². The third-order valence-electron chi connectivity index (χ3n) is 2.97. The summed E-state index contributed by atoms with van der Waals surface area (Å²) in [6.45, 7) is 0. The molecular weight excluding hydrogens is 216 g/mol. The van der Waals surface area contributed by atoms with Crippen LogP contribution < -0.4 is 5.19 Å². The molecule has 0 saturated heterocycles. The molecule has 1 aliphatic carbocycles. The Morgan fingerprint density at radius 3 is 2.00 bits per heavy atom. The quantitative estimate of drug-likeness (QED) is 0.740. The Kier molecular flexibility index (Phi) is 3.38. The predicted octanol–water partition coefficient (Wildman–Crippen LogP) is 2.12. The number of benzene rings is 1. The summed E-state index contributed by atoms with van der Waals surface area (Å²) in [6, 6.07) is 10.2. The monoisotopic (exact) mass is 232 g/mol. The summed E-state index contributed by atoms with van der Waals surface area (Å²) in [5.41, 5.74) is 0.255. The van der Waals surface area contributed by atoms with Crippen LogP contribution in [0.15, 0.2) is 54.6 Å². The van der Waals surface area contributed by atoms with E-state index in [4.69, 9.17) is 8.85 Å². The molecular formula is C13H16O2Si. The molecule has 0 amide bonds. The van der Waals surface area contributed by atoms with Crippen molar-refractivity contribution in [1.29, 1.82) is 0 Å². The van der Waals surface area contributed by atoms with E-state index in [1.54, 1.807) is 14.2 Å². The van der Waals surface area contributed by atoms with E-state index in [1.165, 1.54) is 5.19 Å². The predicted molar refractivity (Wildman–Crippen MR) is 67.9 cm³/mol. The van der Waals surface area contributed by atoms with E-state index in [0.717, 1.165) is 0 Å². The Morgan fingerprint density at radius 2 is 1.50 bits per heavy atom. The molecule has 1 aromatic carbocycles. The lowest BCUT2D eigenvalue weighted by Gasteiger charge is -2.31. The van der Waals surface area contributed by atoms with Crippen LogP contribution in [0.5, 0.6) is 0 Å². The second-order valence-electron chi connectivity index (χ2n) is 3.74. The van der Waals surface area contributed by atoms with Gasteiger partial charge in [-0.3, -0.25) is 0 Å². The molecule has 2 rings (SSSR count). The van der Waals surface area contributed by atoms with Gasteiger partial charge in [0.05, 0.1) is 0 Å². The summed E-state index contributed by atoms with van der Waals surface area (Å²) in [5, 5.41) is 1.17. The van der Waals surface area contributed by atoms with Gasteiger partial charge in [0.25, 0.3) is 0 Å². The van der Waals surface area contributed by atoms with Crippen LogP contribution in [0.1, 0.15) is 0 Å². The first-order chi connectivity index (χ1) is 7.83. The molecule has 1 aromatic rings. The third kappa shape index (κ3) is 1.77. The summed E-state index contributed by atoms with van der Waals surface area (Å²) in [4.78, 5) is 0. The van der Waals surface area contributed by atoms with Gasteiger partial charge in [-0.1, -0.05) is 54.6 Å². The summed E-state index contributed by atoms with van der Waals surface area (Å²) in [5.74, 6) is 0. The van der Waals surface area contributed by atoms with Gasteiger partial charge in [-0.2, -0.15) is 0 Å². The minimum atomic E-state index is -2.36. The fourth-order valence-electron chi connectivity index (χ4n) is 2.14. The SMILES string of the molecule is CO[Si](OC)(c1ccccc1)C1C=CC=C1. The second-order valence-corrected chi connectivity index (χ2v) is 7.13. The maximum Gasteiger partial charge on any atom is 0.383 e. The lowest BCUT2D eigenvalue weighted by Crippen LogP contribution is -2.55. The highest BCUT2D eigenvalue weighted by Crippen LogP contribution is 2.29. The van der Waals surface area contributed by atoms with E-state index in [0.29, 0.717) is 0 Å². The number of allylic oxidation sites excluding steroid dienone is 4. The molecule has 16 heavy (non-hydrogen) atoms. The Morgan fingerprint density at radius 1 is 0.938 bits per heavy atom. The molecule has 0 unspecified atom stereocenters. The average molecular weight is 232 g/mol. The van der Waals surface area contributed by atoms with Gasteiger partial charge in [0.1, 0.15) is 0 Å². The molecule has 84 valence electrons. The normalized spacial score (nSPS) is 15.9. The highest BCUT2D eigenvalue weighted by Gasteiger charge is 2.44. The Balaban J connectivity index is 2.42.